The summed E-state index contributed by atoms with van der Waals surface area (Å²) in [5.74, 6) is 0. The molecule has 0 fully saturated rings. The van der Waals surface area contributed by atoms with Crippen LogP contribution < -0.4 is 5.32 Å². The highest BCUT2D eigenvalue weighted by atomic mass is 16.6. The number of carbonyl (C=O) groups is 1. The molecular weight excluding hydrogens is 174 g/mol. The van der Waals surface area contributed by atoms with Gasteiger partial charge in [0.1, 0.15) is 6.61 Å². The first kappa shape index (κ1) is 12.2. The van der Waals surface area contributed by atoms with Crippen molar-refractivity contribution in [2.24, 2.45) is 0 Å². The Morgan fingerprint density at radius 2 is 2.15 bits per heavy atom. The van der Waals surface area contributed by atoms with Gasteiger partial charge in [-0.1, -0.05) is 0 Å². The maximum absolute atomic E-state index is 10.9. The van der Waals surface area contributed by atoms with Gasteiger partial charge in [0.2, 0.25) is 0 Å². The van der Waals surface area contributed by atoms with Crippen LogP contribution in [0.5, 0.6) is 0 Å². The second kappa shape index (κ2) is 5.77. The van der Waals surface area contributed by atoms with E-state index < -0.39 is 11.7 Å². The standard InChI is InChI=1S/C8H17NO4/c1-8(2,12-3)6-9-7(11)13-5-4-10/h10H,4-6H2,1-3H3,(H,9,11). The first-order chi connectivity index (χ1) is 6.02. The lowest BCUT2D eigenvalue weighted by atomic mass is 10.1. The highest BCUT2D eigenvalue weighted by Gasteiger charge is 2.17. The van der Waals surface area contributed by atoms with Crippen LogP contribution in [0.2, 0.25) is 0 Å². The van der Waals surface area contributed by atoms with E-state index in [4.69, 9.17) is 9.84 Å². The molecule has 0 spiro atoms. The number of alkyl carbamates (subject to hydrolysis) is 1. The molecule has 0 saturated carbocycles. The maximum atomic E-state index is 10.9. The van der Waals surface area contributed by atoms with Gasteiger partial charge in [0.05, 0.1) is 12.2 Å². The first-order valence-corrected chi connectivity index (χ1v) is 4.08. The van der Waals surface area contributed by atoms with Gasteiger partial charge in [-0.3, -0.25) is 0 Å². The Balaban J connectivity index is 3.57. The van der Waals surface area contributed by atoms with Crippen molar-refractivity contribution in [1.29, 1.82) is 0 Å². The lowest BCUT2D eigenvalue weighted by molar-refractivity contribution is 0.0217. The summed E-state index contributed by atoms with van der Waals surface area (Å²) in [6.07, 6.45) is -0.542. The predicted octanol–water partition coefficient (Wildman–Crippen LogP) is 0.130. The average molecular weight is 191 g/mol. The van der Waals surface area contributed by atoms with Crippen LogP contribution in [0.1, 0.15) is 13.8 Å². The lowest BCUT2D eigenvalue weighted by Gasteiger charge is -2.22. The van der Waals surface area contributed by atoms with E-state index in [-0.39, 0.29) is 13.2 Å². The molecule has 0 bridgehead atoms. The summed E-state index contributed by atoms with van der Waals surface area (Å²) in [6.45, 7) is 3.91. The van der Waals surface area contributed by atoms with E-state index in [1.165, 1.54) is 0 Å². The predicted molar refractivity (Wildman–Crippen MR) is 47.5 cm³/mol. The van der Waals surface area contributed by atoms with Crippen molar-refractivity contribution >= 4 is 6.09 Å². The molecule has 0 aromatic rings. The Morgan fingerprint density at radius 3 is 2.62 bits per heavy atom. The van der Waals surface area contributed by atoms with Crippen LogP contribution in [0.25, 0.3) is 0 Å². The van der Waals surface area contributed by atoms with Gasteiger partial charge in [-0.05, 0) is 13.8 Å². The van der Waals surface area contributed by atoms with E-state index in [2.05, 4.69) is 10.1 Å². The maximum Gasteiger partial charge on any atom is 0.407 e. The molecule has 5 heteroatoms. The lowest BCUT2D eigenvalue weighted by Crippen LogP contribution is -2.40. The number of carbonyl (C=O) groups excluding carboxylic acids is 1. The summed E-state index contributed by atoms with van der Waals surface area (Å²) in [5, 5.41) is 10.9. The van der Waals surface area contributed by atoms with Crippen LogP contribution in [-0.4, -0.2) is 43.7 Å². The number of aliphatic hydroxyl groups is 1. The van der Waals surface area contributed by atoms with Crippen molar-refractivity contribution in [3.63, 3.8) is 0 Å². The fourth-order valence-electron chi connectivity index (χ4n) is 0.547. The van der Waals surface area contributed by atoms with Crippen molar-refractivity contribution in [3.05, 3.63) is 0 Å². The Morgan fingerprint density at radius 1 is 1.54 bits per heavy atom. The van der Waals surface area contributed by atoms with Gasteiger partial charge in [0.25, 0.3) is 0 Å². The molecule has 0 aromatic carbocycles. The summed E-state index contributed by atoms with van der Waals surface area (Å²) >= 11 is 0. The van der Waals surface area contributed by atoms with Gasteiger partial charge in [0, 0.05) is 13.7 Å². The Bertz CT molecular complexity index is 158. The zero-order chi connectivity index (χ0) is 10.3. The number of methoxy groups -OCH3 is 1. The minimum absolute atomic E-state index is 0.0131. The topological polar surface area (TPSA) is 67.8 Å². The van der Waals surface area contributed by atoms with Gasteiger partial charge in [-0.2, -0.15) is 0 Å². The van der Waals surface area contributed by atoms with Gasteiger partial charge in [-0.15, -0.1) is 0 Å². The van der Waals surface area contributed by atoms with Crippen molar-refractivity contribution in [2.45, 2.75) is 19.4 Å². The molecule has 0 aliphatic rings. The molecule has 0 rings (SSSR count). The van der Waals surface area contributed by atoms with Crippen molar-refractivity contribution in [2.75, 3.05) is 26.9 Å². The van der Waals surface area contributed by atoms with Crippen LogP contribution in [-0.2, 0) is 9.47 Å². The van der Waals surface area contributed by atoms with E-state index in [0.29, 0.717) is 6.54 Å². The molecular formula is C8H17NO4. The third-order valence-corrected chi connectivity index (χ3v) is 1.54. The number of nitrogens with one attached hydrogen (secondary N) is 1. The van der Waals surface area contributed by atoms with E-state index in [1.807, 2.05) is 13.8 Å². The SMILES string of the molecule is COC(C)(C)CNC(=O)OCCO. The van der Waals surface area contributed by atoms with Crippen molar-refractivity contribution < 1.29 is 19.4 Å². The smallest absolute Gasteiger partial charge is 0.407 e. The number of amides is 1. The van der Waals surface area contributed by atoms with Gasteiger partial charge < -0.3 is 19.9 Å². The molecule has 0 unspecified atom stereocenters. The molecule has 0 aromatic heterocycles. The van der Waals surface area contributed by atoms with Gasteiger partial charge >= 0.3 is 6.09 Å². The van der Waals surface area contributed by atoms with E-state index in [9.17, 15) is 4.79 Å². The molecule has 0 radical (unpaired) electrons. The monoisotopic (exact) mass is 191 g/mol. The molecule has 2 N–H and O–H groups in total. The normalized spacial score (nSPS) is 11.1. The Hall–Kier alpha value is -0.810. The minimum Gasteiger partial charge on any atom is -0.447 e. The molecule has 0 aliphatic heterocycles. The third-order valence-electron chi connectivity index (χ3n) is 1.54. The van der Waals surface area contributed by atoms with Crippen LogP contribution in [0.15, 0.2) is 0 Å². The average Bonchev–Trinajstić information content (AvgIpc) is 2.11. The van der Waals surface area contributed by atoms with Gasteiger partial charge in [0.15, 0.2) is 0 Å². The number of rotatable bonds is 5. The summed E-state index contributed by atoms with van der Waals surface area (Å²) in [7, 11) is 1.57. The van der Waals surface area contributed by atoms with Crippen LogP contribution >= 0.6 is 0 Å². The van der Waals surface area contributed by atoms with E-state index in [1.54, 1.807) is 7.11 Å². The van der Waals surface area contributed by atoms with E-state index in [0.717, 1.165) is 0 Å². The summed E-state index contributed by atoms with van der Waals surface area (Å²) in [4.78, 5) is 10.9. The largest absolute Gasteiger partial charge is 0.447 e. The van der Waals surface area contributed by atoms with Crippen molar-refractivity contribution in [1.82, 2.24) is 5.32 Å². The summed E-state index contributed by atoms with van der Waals surface area (Å²) in [6, 6.07) is 0. The second-order valence-electron chi connectivity index (χ2n) is 3.18. The highest BCUT2D eigenvalue weighted by molar-refractivity contribution is 5.67. The fourth-order valence-corrected chi connectivity index (χ4v) is 0.547. The van der Waals surface area contributed by atoms with E-state index >= 15 is 0 Å². The minimum atomic E-state index is -0.542. The number of aliphatic hydroxyl groups excluding tert-OH is 1. The number of ether oxygens (including phenoxy) is 2. The second-order valence-corrected chi connectivity index (χ2v) is 3.18. The molecule has 0 saturated heterocycles. The van der Waals surface area contributed by atoms with Crippen LogP contribution in [0.4, 0.5) is 4.79 Å². The molecule has 78 valence electrons. The summed E-state index contributed by atoms with van der Waals surface area (Å²) in [5.41, 5.74) is -0.405. The van der Waals surface area contributed by atoms with Crippen LogP contribution in [0.3, 0.4) is 0 Å². The molecule has 1 amide bonds. The molecule has 5 nitrogen and oxygen atoms in total. The number of hydrogen-bond donors (Lipinski definition) is 2. The van der Waals surface area contributed by atoms with Crippen LogP contribution in [0, 0.1) is 0 Å². The fraction of sp³-hybridized carbons (Fsp3) is 0.875. The Kier molecular flexibility index (Phi) is 5.41. The number of hydrogen-bond acceptors (Lipinski definition) is 4. The summed E-state index contributed by atoms with van der Waals surface area (Å²) < 4.78 is 9.65. The molecule has 13 heavy (non-hydrogen) atoms. The third kappa shape index (κ3) is 6.36. The zero-order valence-corrected chi connectivity index (χ0v) is 8.29. The van der Waals surface area contributed by atoms with Crippen molar-refractivity contribution in [3.8, 4) is 0 Å². The van der Waals surface area contributed by atoms with Gasteiger partial charge in [-0.25, -0.2) is 4.79 Å². The molecule has 0 atom stereocenters. The quantitative estimate of drug-likeness (QED) is 0.648. The molecule has 0 aliphatic carbocycles. The first-order valence-electron chi connectivity index (χ1n) is 4.08. The molecule has 0 heterocycles. The zero-order valence-electron chi connectivity index (χ0n) is 8.29. The highest BCUT2D eigenvalue weighted by Crippen LogP contribution is 2.04. The Labute approximate surface area is 78.0 Å².